The van der Waals surface area contributed by atoms with E-state index in [0.717, 1.165) is 12.2 Å². The minimum atomic E-state index is -1.37. The minimum Gasteiger partial charge on any atom is -0.413 e. The van der Waals surface area contributed by atoms with E-state index in [9.17, 15) is 0 Å². The van der Waals surface area contributed by atoms with Gasteiger partial charge in [0.15, 0.2) is 8.32 Å². The van der Waals surface area contributed by atoms with E-state index in [1.54, 1.807) is 0 Å². The fourth-order valence-electron chi connectivity index (χ4n) is 1.61. The van der Waals surface area contributed by atoms with Crippen LogP contribution in [0.3, 0.4) is 0 Å². The monoisotopic (exact) mass is 200 g/mol. The molecule has 0 fully saturated rings. The first-order valence-corrected chi connectivity index (χ1v) is 7.91. The number of hydrogen-bond acceptors (Lipinski definition) is 1. The molecule has 0 rings (SSSR count). The first-order chi connectivity index (χ1) is 6.10. The third kappa shape index (κ3) is 4.63. The molecule has 0 aliphatic rings. The van der Waals surface area contributed by atoms with Crippen LogP contribution in [0.15, 0.2) is 12.2 Å². The lowest BCUT2D eigenvalue weighted by Gasteiger charge is -2.29. The third-order valence-corrected chi connectivity index (χ3v) is 7.36. The minimum absolute atomic E-state index is 0.772. The smallest absolute Gasteiger partial charge is 0.192 e. The second-order valence-electron chi connectivity index (χ2n) is 3.89. The molecule has 0 N–H and O–H groups in total. The maximum Gasteiger partial charge on any atom is 0.192 e. The van der Waals surface area contributed by atoms with Crippen molar-refractivity contribution in [2.45, 2.75) is 52.2 Å². The van der Waals surface area contributed by atoms with Crippen LogP contribution < -0.4 is 0 Å². The second-order valence-corrected chi connectivity index (χ2v) is 8.45. The molecular weight excluding hydrogens is 176 g/mol. The molecule has 0 saturated heterocycles. The van der Waals surface area contributed by atoms with Gasteiger partial charge in [-0.1, -0.05) is 39.3 Å². The van der Waals surface area contributed by atoms with Crippen LogP contribution in [0.5, 0.6) is 0 Å². The molecule has 0 spiro atoms. The molecule has 2 heteroatoms. The van der Waals surface area contributed by atoms with E-state index in [1.165, 1.54) is 24.6 Å². The lowest BCUT2D eigenvalue weighted by molar-refractivity contribution is 0.331. The Morgan fingerprint density at radius 2 is 1.77 bits per heavy atom. The summed E-state index contributed by atoms with van der Waals surface area (Å²) in [6, 6.07) is 3.78. The summed E-state index contributed by atoms with van der Waals surface area (Å²) in [5.41, 5.74) is 1.15. The Labute approximate surface area is 84.3 Å². The Morgan fingerprint density at radius 3 is 2.08 bits per heavy atom. The van der Waals surface area contributed by atoms with Crippen molar-refractivity contribution in [3.05, 3.63) is 12.2 Å². The van der Waals surface area contributed by atoms with Gasteiger partial charge in [-0.15, -0.1) is 0 Å². The van der Waals surface area contributed by atoms with Crippen LogP contribution in [0, 0.1) is 0 Å². The van der Waals surface area contributed by atoms with Crippen molar-refractivity contribution in [1.29, 1.82) is 0 Å². The SMILES string of the molecule is C=C(C)CO[Si](CC)(CC)CCC. The predicted molar refractivity (Wildman–Crippen MR) is 62.6 cm³/mol. The molecule has 0 saturated carbocycles. The van der Waals surface area contributed by atoms with Gasteiger partial charge in [-0.25, -0.2) is 0 Å². The molecule has 0 aliphatic carbocycles. The zero-order valence-electron chi connectivity index (χ0n) is 9.65. The van der Waals surface area contributed by atoms with Crippen LogP contribution in [0.25, 0.3) is 0 Å². The van der Waals surface area contributed by atoms with Gasteiger partial charge in [0.25, 0.3) is 0 Å². The largest absolute Gasteiger partial charge is 0.413 e. The van der Waals surface area contributed by atoms with Gasteiger partial charge in [0.05, 0.1) is 6.61 Å². The molecule has 78 valence electrons. The molecule has 0 aromatic rings. The van der Waals surface area contributed by atoms with Crippen molar-refractivity contribution in [2.24, 2.45) is 0 Å². The van der Waals surface area contributed by atoms with Crippen LogP contribution in [0.2, 0.25) is 18.1 Å². The van der Waals surface area contributed by atoms with Crippen LogP contribution in [0.1, 0.15) is 34.1 Å². The maximum absolute atomic E-state index is 6.07. The van der Waals surface area contributed by atoms with Crippen LogP contribution in [0.4, 0.5) is 0 Å². The van der Waals surface area contributed by atoms with E-state index in [-0.39, 0.29) is 0 Å². The first kappa shape index (κ1) is 12.9. The summed E-state index contributed by atoms with van der Waals surface area (Å²) in [7, 11) is -1.37. The Bertz CT molecular complexity index is 150. The summed E-state index contributed by atoms with van der Waals surface area (Å²) in [4.78, 5) is 0. The summed E-state index contributed by atoms with van der Waals surface area (Å²) >= 11 is 0. The molecule has 0 heterocycles. The van der Waals surface area contributed by atoms with Crippen molar-refractivity contribution in [2.75, 3.05) is 6.61 Å². The molecule has 0 aromatic carbocycles. The Kier molecular flexibility index (Phi) is 6.34. The zero-order valence-corrected chi connectivity index (χ0v) is 10.7. The average Bonchev–Trinajstić information content (AvgIpc) is 2.12. The van der Waals surface area contributed by atoms with Crippen molar-refractivity contribution < 1.29 is 4.43 Å². The first-order valence-electron chi connectivity index (χ1n) is 5.38. The zero-order chi connectivity index (χ0) is 10.3. The summed E-state index contributed by atoms with van der Waals surface area (Å²) < 4.78 is 6.07. The molecule has 0 aromatic heterocycles. The molecule has 0 unspecified atom stereocenters. The summed E-state index contributed by atoms with van der Waals surface area (Å²) in [5.74, 6) is 0. The van der Waals surface area contributed by atoms with E-state index in [0.29, 0.717) is 0 Å². The van der Waals surface area contributed by atoms with Gasteiger partial charge in [0.2, 0.25) is 0 Å². The Morgan fingerprint density at radius 1 is 1.23 bits per heavy atom. The molecule has 13 heavy (non-hydrogen) atoms. The third-order valence-electron chi connectivity index (χ3n) is 2.62. The predicted octanol–water partition coefficient (Wildman–Crippen LogP) is 3.97. The second kappa shape index (κ2) is 6.38. The normalized spacial score (nSPS) is 11.7. The summed E-state index contributed by atoms with van der Waals surface area (Å²) in [6.45, 7) is 13.5. The fraction of sp³-hybridized carbons (Fsp3) is 0.818. The Hall–Kier alpha value is -0.0831. The van der Waals surface area contributed by atoms with E-state index in [1.807, 2.05) is 6.92 Å². The highest BCUT2D eigenvalue weighted by Gasteiger charge is 2.29. The molecular formula is C11H24OSi. The average molecular weight is 200 g/mol. The van der Waals surface area contributed by atoms with Gasteiger partial charge in [0.1, 0.15) is 0 Å². The van der Waals surface area contributed by atoms with Crippen molar-refractivity contribution in [3.8, 4) is 0 Å². The van der Waals surface area contributed by atoms with Gasteiger partial charge >= 0.3 is 0 Å². The van der Waals surface area contributed by atoms with E-state index < -0.39 is 8.32 Å². The highest BCUT2D eigenvalue weighted by molar-refractivity contribution is 6.73. The van der Waals surface area contributed by atoms with Crippen LogP contribution in [-0.4, -0.2) is 14.9 Å². The molecule has 0 aliphatic heterocycles. The van der Waals surface area contributed by atoms with Gasteiger partial charge in [0, 0.05) is 0 Å². The molecule has 0 atom stereocenters. The molecule has 0 bridgehead atoms. The van der Waals surface area contributed by atoms with E-state index in [4.69, 9.17) is 4.43 Å². The molecule has 0 radical (unpaired) electrons. The van der Waals surface area contributed by atoms with Crippen LogP contribution in [-0.2, 0) is 4.43 Å². The lowest BCUT2D eigenvalue weighted by Crippen LogP contribution is -2.36. The molecule has 1 nitrogen and oxygen atoms in total. The summed E-state index contributed by atoms with van der Waals surface area (Å²) in [6.07, 6.45) is 1.25. The quantitative estimate of drug-likeness (QED) is 0.446. The standard InChI is InChI=1S/C11H24OSi/c1-6-9-13(7-2,8-3)12-10-11(4)5/h4,6-10H2,1-3,5H3. The Balaban J connectivity index is 4.12. The highest BCUT2D eigenvalue weighted by Crippen LogP contribution is 2.23. The van der Waals surface area contributed by atoms with Gasteiger partial charge in [-0.3, -0.25) is 0 Å². The number of hydrogen-bond donors (Lipinski definition) is 0. The number of rotatable bonds is 7. The highest BCUT2D eigenvalue weighted by atomic mass is 28.4. The van der Waals surface area contributed by atoms with Crippen molar-refractivity contribution >= 4 is 8.32 Å². The van der Waals surface area contributed by atoms with Crippen molar-refractivity contribution in [3.63, 3.8) is 0 Å². The van der Waals surface area contributed by atoms with E-state index in [2.05, 4.69) is 27.4 Å². The van der Waals surface area contributed by atoms with Crippen LogP contribution >= 0.6 is 0 Å². The summed E-state index contributed by atoms with van der Waals surface area (Å²) in [5, 5.41) is 0. The van der Waals surface area contributed by atoms with Crippen molar-refractivity contribution in [1.82, 2.24) is 0 Å². The maximum atomic E-state index is 6.07. The molecule has 0 amide bonds. The lowest BCUT2D eigenvalue weighted by atomic mass is 10.4. The van der Waals surface area contributed by atoms with Gasteiger partial charge in [-0.05, 0) is 25.1 Å². The fourth-order valence-corrected chi connectivity index (χ4v) is 4.84. The van der Waals surface area contributed by atoms with Gasteiger partial charge in [-0.2, -0.15) is 0 Å². The topological polar surface area (TPSA) is 9.23 Å². The van der Waals surface area contributed by atoms with Gasteiger partial charge < -0.3 is 4.43 Å². The van der Waals surface area contributed by atoms with E-state index >= 15 is 0 Å².